The van der Waals surface area contributed by atoms with Gasteiger partial charge in [0.15, 0.2) is 0 Å². The molecule has 24 heavy (non-hydrogen) atoms. The number of anilines is 1. The summed E-state index contributed by atoms with van der Waals surface area (Å²) in [5, 5.41) is 7.40. The van der Waals surface area contributed by atoms with E-state index in [9.17, 15) is 4.79 Å². The zero-order valence-electron chi connectivity index (χ0n) is 13.2. The predicted octanol–water partition coefficient (Wildman–Crippen LogP) is 2.21. The Morgan fingerprint density at radius 3 is 2.75 bits per heavy atom. The molecule has 6 nitrogen and oxygen atoms in total. The summed E-state index contributed by atoms with van der Waals surface area (Å²) in [6, 6.07) is 15.1. The highest BCUT2D eigenvalue weighted by molar-refractivity contribution is 5.93. The molecule has 6 heteroatoms. The summed E-state index contributed by atoms with van der Waals surface area (Å²) in [6.45, 7) is 0.575. The number of amides is 1. The van der Waals surface area contributed by atoms with Gasteiger partial charge in [-0.25, -0.2) is 4.68 Å². The summed E-state index contributed by atoms with van der Waals surface area (Å²) in [5.41, 5.74) is 8.44. The van der Waals surface area contributed by atoms with Crippen molar-refractivity contribution in [3.8, 4) is 5.69 Å². The molecule has 122 valence electrons. The Hall–Kier alpha value is -3.15. The number of rotatable bonds is 6. The zero-order valence-corrected chi connectivity index (χ0v) is 13.2. The average Bonchev–Trinajstić information content (AvgIpc) is 3.01. The van der Waals surface area contributed by atoms with Crippen LogP contribution < -0.4 is 11.1 Å². The number of aromatic nitrogens is 3. The van der Waals surface area contributed by atoms with Gasteiger partial charge in [-0.15, -0.1) is 0 Å². The van der Waals surface area contributed by atoms with E-state index in [2.05, 4.69) is 15.4 Å². The van der Waals surface area contributed by atoms with Crippen molar-refractivity contribution in [3.63, 3.8) is 0 Å². The van der Waals surface area contributed by atoms with Gasteiger partial charge < -0.3 is 11.1 Å². The molecule has 3 aromatic rings. The van der Waals surface area contributed by atoms with E-state index in [1.807, 2.05) is 36.4 Å². The Morgan fingerprint density at radius 1 is 1.17 bits per heavy atom. The SMILES string of the molecule is Nc1cc(CCCNC(=O)c2cccnc2)nn1-c1ccccc1. The molecule has 2 aromatic heterocycles. The number of nitrogen functional groups attached to an aromatic ring is 1. The molecule has 1 amide bonds. The Morgan fingerprint density at radius 2 is 2.00 bits per heavy atom. The predicted molar refractivity (Wildman–Crippen MR) is 92.9 cm³/mol. The number of nitrogens with two attached hydrogens (primary N) is 1. The molecular weight excluding hydrogens is 302 g/mol. The van der Waals surface area contributed by atoms with Gasteiger partial charge in [0.05, 0.1) is 16.9 Å². The van der Waals surface area contributed by atoms with E-state index in [1.165, 1.54) is 0 Å². The second-order valence-corrected chi connectivity index (χ2v) is 5.41. The van der Waals surface area contributed by atoms with Crippen LogP contribution in [0.25, 0.3) is 5.69 Å². The highest BCUT2D eigenvalue weighted by Crippen LogP contribution is 2.14. The van der Waals surface area contributed by atoms with Crippen molar-refractivity contribution >= 4 is 11.7 Å². The smallest absolute Gasteiger partial charge is 0.252 e. The van der Waals surface area contributed by atoms with E-state index in [-0.39, 0.29) is 5.91 Å². The minimum atomic E-state index is -0.113. The number of hydrogen-bond donors (Lipinski definition) is 2. The van der Waals surface area contributed by atoms with E-state index in [0.29, 0.717) is 17.9 Å². The van der Waals surface area contributed by atoms with Gasteiger partial charge in [-0.05, 0) is 37.1 Å². The van der Waals surface area contributed by atoms with Gasteiger partial charge in [0, 0.05) is 25.0 Å². The van der Waals surface area contributed by atoms with E-state index in [0.717, 1.165) is 24.2 Å². The number of carbonyl (C=O) groups is 1. The molecule has 0 radical (unpaired) electrons. The van der Waals surface area contributed by atoms with Gasteiger partial charge in [-0.2, -0.15) is 5.10 Å². The monoisotopic (exact) mass is 321 g/mol. The van der Waals surface area contributed by atoms with Crippen LogP contribution in [-0.2, 0) is 6.42 Å². The Labute approximate surface area is 140 Å². The maximum absolute atomic E-state index is 11.9. The number of nitrogens with one attached hydrogen (secondary N) is 1. The molecule has 0 fully saturated rings. The molecule has 0 atom stereocenters. The van der Waals surface area contributed by atoms with Crippen LogP contribution in [-0.4, -0.2) is 27.2 Å². The highest BCUT2D eigenvalue weighted by Gasteiger charge is 2.07. The van der Waals surface area contributed by atoms with Crippen LogP contribution in [0.1, 0.15) is 22.5 Å². The highest BCUT2D eigenvalue weighted by atomic mass is 16.1. The lowest BCUT2D eigenvalue weighted by atomic mass is 10.2. The minimum Gasteiger partial charge on any atom is -0.384 e. The van der Waals surface area contributed by atoms with Gasteiger partial charge >= 0.3 is 0 Å². The Bertz CT molecular complexity index is 799. The second kappa shape index (κ2) is 7.41. The maximum Gasteiger partial charge on any atom is 0.252 e. The Balaban J connectivity index is 1.52. The number of carbonyl (C=O) groups excluding carboxylic acids is 1. The molecule has 0 aliphatic carbocycles. The normalized spacial score (nSPS) is 10.5. The van der Waals surface area contributed by atoms with Crippen LogP contribution in [0.15, 0.2) is 60.9 Å². The van der Waals surface area contributed by atoms with E-state index < -0.39 is 0 Å². The third-order valence-corrected chi connectivity index (χ3v) is 3.61. The van der Waals surface area contributed by atoms with Crippen LogP contribution in [0.5, 0.6) is 0 Å². The topological polar surface area (TPSA) is 85.8 Å². The molecule has 3 N–H and O–H groups in total. The summed E-state index contributed by atoms with van der Waals surface area (Å²) < 4.78 is 1.73. The van der Waals surface area contributed by atoms with Gasteiger partial charge in [0.25, 0.3) is 5.91 Å². The molecule has 0 spiro atoms. The van der Waals surface area contributed by atoms with Gasteiger partial charge in [-0.3, -0.25) is 9.78 Å². The molecular formula is C18H19N5O. The van der Waals surface area contributed by atoms with Crippen molar-refractivity contribution in [1.82, 2.24) is 20.1 Å². The number of nitrogens with zero attached hydrogens (tertiary/aromatic N) is 3. The van der Waals surface area contributed by atoms with Crippen molar-refractivity contribution in [1.29, 1.82) is 0 Å². The molecule has 3 rings (SSSR count). The van der Waals surface area contributed by atoms with Crippen molar-refractivity contribution < 1.29 is 4.79 Å². The fraction of sp³-hybridized carbons (Fsp3) is 0.167. The third-order valence-electron chi connectivity index (χ3n) is 3.61. The van der Waals surface area contributed by atoms with Crippen LogP contribution in [0.4, 0.5) is 5.82 Å². The fourth-order valence-corrected chi connectivity index (χ4v) is 2.42. The first-order valence-electron chi connectivity index (χ1n) is 7.82. The summed E-state index contributed by atoms with van der Waals surface area (Å²) in [7, 11) is 0. The molecule has 0 saturated carbocycles. The van der Waals surface area contributed by atoms with E-state index in [4.69, 9.17) is 5.73 Å². The first-order chi connectivity index (χ1) is 11.7. The first kappa shape index (κ1) is 15.7. The maximum atomic E-state index is 11.9. The van der Waals surface area contributed by atoms with Crippen molar-refractivity contribution in [2.45, 2.75) is 12.8 Å². The molecule has 0 aliphatic heterocycles. The molecule has 2 heterocycles. The van der Waals surface area contributed by atoms with Crippen LogP contribution in [0, 0.1) is 0 Å². The van der Waals surface area contributed by atoms with Crippen molar-refractivity contribution in [3.05, 3.63) is 72.2 Å². The number of pyridine rings is 1. The van der Waals surface area contributed by atoms with E-state index >= 15 is 0 Å². The standard InChI is InChI=1S/C18H19N5O/c19-17-12-15(22-23(17)16-8-2-1-3-9-16)7-5-11-21-18(24)14-6-4-10-20-13-14/h1-4,6,8-10,12-13H,5,7,11,19H2,(H,21,24). The summed E-state index contributed by atoms with van der Waals surface area (Å²) >= 11 is 0. The number of aryl methyl sites for hydroxylation is 1. The van der Waals surface area contributed by atoms with Crippen LogP contribution >= 0.6 is 0 Å². The summed E-state index contributed by atoms with van der Waals surface area (Å²) in [6.07, 6.45) is 4.73. The van der Waals surface area contributed by atoms with Crippen molar-refractivity contribution in [2.24, 2.45) is 0 Å². The van der Waals surface area contributed by atoms with Crippen LogP contribution in [0.3, 0.4) is 0 Å². The molecule has 0 bridgehead atoms. The first-order valence-corrected chi connectivity index (χ1v) is 7.82. The zero-order chi connectivity index (χ0) is 16.8. The van der Waals surface area contributed by atoms with E-state index in [1.54, 1.807) is 29.2 Å². The van der Waals surface area contributed by atoms with Gasteiger partial charge in [0.2, 0.25) is 0 Å². The summed E-state index contributed by atoms with van der Waals surface area (Å²) in [4.78, 5) is 15.8. The Kier molecular flexibility index (Phi) is 4.86. The second-order valence-electron chi connectivity index (χ2n) is 5.41. The number of hydrogen-bond acceptors (Lipinski definition) is 4. The lowest BCUT2D eigenvalue weighted by molar-refractivity contribution is 0.0953. The molecule has 0 aliphatic rings. The molecule has 0 saturated heterocycles. The average molecular weight is 321 g/mol. The lowest BCUT2D eigenvalue weighted by Gasteiger charge is -2.04. The van der Waals surface area contributed by atoms with Crippen molar-refractivity contribution in [2.75, 3.05) is 12.3 Å². The molecule has 1 aromatic carbocycles. The van der Waals surface area contributed by atoms with Crippen LogP contribution in [0.2, 0.25) is 0 Å². The lowest BCUT2D eigenvalue weighted by Crippen LogP contribution is -2.24. The quantitative estimate of drug-likeness (QED) is 0.682. The number of benzene rings is 1. The summed E-state index contributed by atoms with van der Waals surface area (Å²) in [5.74, 6) is 0.494. The fourth-order valence-electron chi connectivity index (χ4n) is 2.42. The number of para-hydroxylation sites is 1. The van der Waals surface area contributed by atoms with Gasteiger partial charge in [0.1, 0.15) is 5.82 Å². The third kappa shape index (κ3) is 3.78. The molecule has 0 unspecified atom stereocenters. The van der Waals surface area contributed by atoms with Gasteiger partial charge in [-0.1, -0.05) is 18.2 Å². The largest absolute Gasteiger partial charge is 0.384 e. The minimum absolute atomic E-state index is 0.113.